The zero-order valence-corrected chi connectivity index (χ0v) is 8.53. The van der Waals surface area contributed by atoms with Crippen molar-refractivity contribution in [1.82, 2.24) is 0 Å². The molecule has 1 atom stereocenters. The molecule has 0 aromatic rings. The van der Waals surface area contributed by atoms with E-state index in [1.807, 2.05) is 6.92 Å². The van der Waals surface area contributed by atoms with E-state index in [4.69, 9.17) is 9.47 Å². The van der Waals surface area contributed by atoms with Crippen LogP contribution in [0.1, 0.15) is 13.3 Å². The molecule has 0 saturated heterocycles. The molecule has 0 heterocycles. The van der Waals surface area contributed by atoms with Gasteiger partial charge in [-0.15, -0.1) is 0 Å². The summed E-state index contributed by atoms with van der Waals surface area (Å²) >= 11 is 0. The second-order valence-corrected chi connectivity index (χ2v) is 2.70. The van der Waals surface area contributed by atoms with Crippen molar-refractivity contribution in [2.24, 2.45) is 0 Å². The lowest BCUT2D eigenvalue weighted by molar-refractivity contribution is 0.0166. The Morgan fingerprint density at radius 3 is 2.79 bits per heavy atom. The van der Waals surface area contributed by atoms with Crippen molar-refractivity contribution < 1.29 is 19.4 Å². The minimum absolute atomic E-state index is 0.0342. The topological polar surface area (TPSA) is 55.8 Å². The van der Waals surface area contributed by atoms with Gasteiger partial charge in [-0.3, -0.25) is 0 Å². The van der Waals surface area contributed by atoms with Gasteiger partial charge in [0, 0.05) is 7.11 Å². The molecule has 80 valence electrons. The average molecular weight is 200 g/mol. The van der Waals surface area contributed by atoms with Gasteiger partial charge in [0.1, 0.15) is 12.7 Å². The molecule has 0 aromatic carbocycles. The van der Waals surface area contributed by atoms with Gasteiger partial charge in [0.05, 0.1) is 6.61 Å². The maximum absolute atomic E-state index is 10.3. The van der Waals surface area contributed by atoms with Crippen LogP contribution in [0, 0.1) is 0 Å². The molecular weight excluding hydrogens is 184 g/mol. The smallest absolute Gasteiger partial charge is 0.203 e. The minimum Gasteiger partial charge on any atom is -0.480 e. The van der Waals surface area contributed by atoms with Crippen LogP contribution in [0.4, 0.5) is 0 Å². The molecule has 0 unspecified atom stereocenters. The maximum Gasteiger partial charge on any atom is 0.203 e. The number of aliphatic hydroxyl groups excluding tert-OH is 1. The molecular formula is C10H16O4. The summed E-state index contributed by atoms with van der Waals surface area (Å²) in [5, 5.41) is 9.20. The van der Waals surface area contributed by atoms with E-state index >= 15 is 0 Å². The number of carbonyl (C=O) groups excluding carboxylic acids is 1. The Hall–Kier alpha value is -1.09. The molecule has 14 heavy (non-hydrogen) atoms. The van der Waals surface area contributed by atoms with E-state index in [-0.39, 0.29) is 19.0 Å². The standard InChI is InChI=1S/C10H16O4/c1-3-4-5-10(6-11)14-8-9(12)7-13-2/h4-5,9,12H,3,7-8H2,1-2H3/t9-/m0/s1. The van der Waals surface area contributed by atoms with Gasteiger partial charge >= 0.3 is 0 Å². The molecule has 0 radical (unpaired) electrons. The first-order valence-electron chi connectivity index (χ1n) is 4.46. The Kier molecular flexibility index (Phi) is 7.84. The summed E-state index contributed by atoms with van der Waals surface area (Å²) < 4.78 is 9.68. The van der Waals surface area contributed by atoms with Crippen molar-refractivity contribution in [1.29, 1.82) is 0 Å². The van der Waals surface area contributed by atoms with E-state index in [9.17, 15) is 9.90 Å². The molecule has 4 nitrogen and oxygen atoms in total. The Bertz CT molecular complexity index is 216. The highest BCUT2D eigenvalue weighted by Crippen LogP contribution is 1.98. The van der Waals surface area contributed by atoms with Crippen molar-refractivity contribution in [3.63, 3.8) is 0 Å². The monoisotopic (exact) mass is 200 g/mol. The molecule has 0 aromatic heterocycles. The molecule has 0 rings (SSSR count). The lowest BCUT2D eigenvalue weighted by atomic mass is 10.4. The Balaban J connectivity index is 3.85. The number of aliphatic hydroxyl groups is 1. The van der Waals surface area contributed by atoms with Crippen molar-refractivity contribution >= 4 is 5.94 Å². The van der Waals surface area contributed by atoms with Crippen LogP contribution in [0.25, 0.3) is 0 Å². The van der Waals surface area contributed by atoms with Gasteiger partial charge in [0.15, 0.2) is 5.94 Å². The normalized spacial score (nSPS) is 12.5. The third kappa shape index (κ3) is 6.43. The van der Waals surface area contributed by atoms with E-state index in [1.54, 1.807) is 12.0 Å². The van der Waals surface area contributed by atoms with Crippen LogP contribution in [-0.4, -0.2) is 37.5 Å². The summed E-state index contributed by atoms with van der Waals surface area (Å²) in [5.74, 6) is 1.74. The van der Waals surface area contributed by atoms with E-state index < -0.39 is 6.10 Å². The van der Waals surface area contributed by atoms with E-state index in [2.05, 4.69) is 0 Å². The number of hydrogen-bond donors (Lipinski definition) is 1. The van der Waals surface area contributed by atoms with Crippen LogP contribution >= 0.6 is 0 Å². The molecule has 4 heteroatoms. The van der Waals surface area contributed by atoms with Crippen LogP contribution < -0.4 is 0 Å². The summed E-state index contributed by atoms with van der Waals surface area (Å²) in [7, 11) is 1.48. The molecule has 1 N–H and O–H groups in total. The molecule has 0 aliphatic carbocycles. The third-order valence-corrected chi connectivity index (χ3v) is 1.40. The lowest BCUT2D eigenvalue weighted by Gasteiger charge is -2.09. The van der Waals surface area contributed by atoms with Gasteiger partial charge in [-0.25, -0.2) is 4.79 Å². The van der Waals surface area contributed by atoms with Crippen LogP contribution in [0.5, 0.6) is 0 Å². The summed E-state index contributed by atoms with van der Waals surface area (Å²) in [6.07, 6.45) is 3.41. The Morgan fingerprint density at radius 1 is 1.57 bits per heavy atom. The van der Waals surface area contributed by atoms with Gasteiger partial charge in [0.25, 0.3) is 0 Å². The van der Waals surface area contributed by atoms with Gasteiger partial charge in [-0.1, -0.05) is 13.0 Å². The predicted molar refractivity (Wildman–Crippen MR) is 52.5 cm³/mol. The Labute approximate surface area is 83.8 Å². The van der Waals surface area contributed by atoms with Crippen molar-refractivity contribution in [3.05, 3.63) is 17.9 Å². The molecule has 0 amide bonds. The highest BCUT2D eigenvalue weighted by molar-refractivity contribution is 5.53. The third-order valence-electron chi connectivity index (χ3n) is 1.40. The molecule has 0 aliphatic heterocycles. The van der Waals surface area contributed by atoms with Crippen LogP contribution in [0.3, 0.4) is 0 Å². The SMILES string of the molecule is CCC=CC(=C=O)OC[C@@H](O)COC. The lowest BCUT2D eigenvalue weighted by Crippen LogP contribution is -2.20. The van der Waals surface area contributed by atoms with Gasteiger partial charge < -0.3 is 14.6 Å². The first kappa shape index (κ1) is 12.9. The first-order valence-corrected chi connectivity index (χ1v) is 4.46. The molecule has 0 aliphatic rings. The molecule has 0 bridgehead atoms. The van der Waals surface area contributed by atoms with E-state index in [0.29, 0.717) is 0 Å². The molecule has 0 fully saturated rings. The number of hydrogen-bond acceptors (Lipinski definition) is 4. The summed E-state index contributed by atoms with van der Waals surface area (Å²) in [5.41, 5.74) is 0. The van der Waals surface area contributed by atoms with Crippen LogP contribution in [0.15, 0.2) is 17.9 Å². The summed E-state index contributed by atoms with van der Waals surface area (Å²) in [6.45, 7) is 2.16. The highest BCUT2D eigenvalue weighted by atomic mass is 16.5. The highest BCUT2D eigenvalue weighted by Gasteiger charge is 2.04. The fourth-order valence-corrected chi connectivity index (χ4v) is 0.763. The van der Waals surface area contributed by atoms with Crippen molar-refractivity contribution in [2.75, 3.05) is 20.3 Å². The summed E-state index contributed by atoms with van der Waals surface area (Å²) in [6, 6.07) is 0. The van der Waals surface area contributed by atoms with Crippen LogP contribution in [0.2, 0.25) is 0 Å². The number of methoxy groups -OCH3 is 1. The van der Waals surface area contributed by atoms with Crippen molar-refractivity contribution in [2.45, 2.75) is 19.4 Å². The van der Waals surface area contributed by atoms with E-state index in [0.717, 1.165) is 6.42 Å². The molecule has 0 spiro atoms. The second-order valence-electron chi connectivity index (χ2n) is 2.70. The number of allylic oxidation sites excluding steroid dienone is 2. The van der Waals surface area contributed by atoms with Crippen molar-refractivity contribution in [3.8, 4) is 0 Å². The van der Waals surface area contributed by atoms with Gasteiger partial charge in [0.2, 0.25) is 5.76 Å². The fourth-order valence-electron chi connectivity index (χ4n) is 0.763. The van der Waals surface area contributed by atoms with Gasteiger partial charge in [-0.05, 0) is 12.5 Å². The largest absolute Gasteiger partial charge is 0.480 e. The molecule has 0 saturated carbocycles. The minimum atomic E-state index is -0.724. The zero-order chi connectivity index (χ0) is 10.8. The number of rotatable bonds is 7. The maximum atomic E-state index is 10.3. The number of ether oxygens (including phenoxy) is 2. The second kappa shape index (κ2) is 8.51. The first-order chi connectivity index (χ1) is 6.74. The van der Waals surface area contributed by atoms with Crippen LogP contribution in [-0.2, 0) is 14.3 Å². The van der Waals surface area contributed by atoms with Gasteiger partial charge in [-0.2, -0.15) is 0 Å². The quantitative estimate of drug-likeness (QED) is 0.373. The predicted octanol–water partition coefficient (Wildman–Crippen LogP) is 0.692. The summed E-state index contributed by atoms with van der Waals surface area (Å²) in [4.78, 5) is 10.3. The fraction of sp³-hybridized carbons (Fsp3) is 0.600. The average Bonchev–Trinajstić information content (AvgIpc) is 2.19. The zero-order valence-electron chi connectivity index (χ0n) is 8.53. The Morgan fingerprint density at radius 2 is 2.29 bits per heavy atom. The van der Waals surface area contributed by atoms with E-state index in [1.165, 1.54) is 13.2 Å².